The number of nitrogens with zero attached hydrogens (tertiary/aromatic N) is 2. The third-order valence-corrected chi connectivity index (χ3v) is 4.62. The summed E-state index contributed by atoms with van der Waals surface area (Å²) in [6, 6.07) is 0. The molecule has 0 amide bonds. The van der Waals surface area contributed by atoms with Gasteiger partial charge in [-0.3, -0.25) is 4.40 Å². The van der Waals surface area contributed by atoms with Gasteiger partial charge in [0.15, 0.2) is 4.96 Å². The molecule has 1 aliphatic rings. The van der Waals surface area contributed by atoms with Crippen molar-refractivity contribution in [1.82, 2.24) is 14.7 Å². The Kier molecular flexibility index (Phi) is 3.99. The molecule has 0 aliphatic heterocycles. The Morgan fingerprint density at radius 2 is 2.37 bits per heavy atom. The van der Waals surface area contributed by atoms with Gasteiger partial charge in [-0.25, -0.2) is 4.98 Å². The van der Waals surface area contributed by atoms with E-state index in [1.807, 2.05) is 0 Å². The van der Waals surface area contributed by atoms with Crippen molar-refractivity contribution in [2.45, 2.75) is 45.6 Å². The number of hydrogen-bond acceptors (Lipinski definition) is 3. The highest BCUT2D eigenvalue weighted by Crippen LogP contribution is 2.20. The number of aryl methyl sites for hydroxylation is 1. The lowest BCUT2D eigenvalue weighted by molar-refractivity contribution is 0.625. The van der Waals surface area contributed by atoms with Gasteiger partial charge >= 0.3 is 0 Å². The van der Waals surface area contributed by atoms with E-state index >= 15 is 0 Å². The van der Waals surface area contributed by atoms with E-state index in [0.717, 1.165) is 23.7 Å². The van der Waals surface area contributed by atoms with Crippen molar-refractivity contribution in [3.63, 3.8) is 0 Å². The summed E-state index contributed by atoms with van der Waals surface area (Å²) in [6.07, 6.45) is 11.1. The van der Waals surface area contributed by atoms with E-state index in [1.165, 1.54) is 37.8 Å². The van der Waals surface area contributed by atoms with Crippen molar-refractivity contribution in [2.24, 2.45) is 0 Å². The number of imidazole rings is 1. The zero-order valence-electron chi connectivity index (χ0n) is 11.5. The van der Waals surface area contributed by atoms with Crippen LogP contribution < -0.4 is 5.32 Å². The Bertz CT molecular complexity index is 579. The fraction of sp³-hybridized carbons (Fsp3) is 0.533. The lowest BCUT2D eigenvalue weighted by atomic mass is 9.97. The molecule has 2 heterocycles. The van der Waals surface area contributed by atoms with E-state index in [0.29, 0.717) is 0 Å². The van der Waals surface area contributed by atoms with Crippen molar-refractivity contribution in [1.29, 1.82) is 0 Å². The Morgan fingerprint density at radius 3 is 3.21 bits per heavy atom. The SMILES string of the molecule is Cc1nc2sccn2c1CNCCC1=CCCCC1. The molecule has 2 aromatic heterocycles. The van der Waals surface area contributed by atoms with Gasteiger partial charge in [-0.1, -0.05) is 11.6 Å². The molecule has 0 aromatic carbocycles. The number of thiazole rings is 1. The second-order valence-corrected chi connectivity index (χ2v) is 6.11. The molecule has 0 radical (unpaired) electrons. The third-order valence-electron chi connectivity index (χ3n) is 3.86. The summed E-state index contributed by atoms with van der Waals surface area (Å²) in [5.74, 6) is 0. The maximum absolute atomic E-state index is 4.57. The van der Waals surface area contributed by atoms with Gasteiger partial charge < -0.3 is 5.32 Å². The van der Waals surface area contributed by atoms with Crippen LogP contribution >= 0.6 is 11.3 Å². The fourth-order valence-electron chi connectivity index (χ4n) is 2.74. The van der Waals surface area contributed by atoms with E-state index in [2.05, 4.69) is 39.3 Å². The first kappa shape index (κ1) is 12.9. The predicted molar refractivity (Wildman–Crippen MR) is 80.7 cm³/mol. The first-order valence-corrected chi connectivity index (χ1v) is 8.02. The Morgan fingerprint density at radius 1 is 1.42 bits per heavy atom. The van der Waals surface area contributed by atoms with Gasteiger partial charge in [-0.05, 0) is 45.6 Å². The largest absolute Gasteiger partial charge is 0.311 e. The zero-order chi connectivity index (χ0) is 13.1. The maximum atomic E-state index is 4.57. The summed E-state index contributed by atoms with van der Waals surface area (Å²) in [6.45, 7) is 4.08. The Labute approximate surface area is 118 Å². The van der Waals surface area contributed by atoms with Gasteiger partial charge in [0, 0.05) is 18.1 Å². The summed E-state index contributed by atoms with van der Waals surface area (Å²) in [7, 11) is 0. The Balaban J connectivity index is 1.53. The molecular weight excluding hydrogens is 254 g/mol. The normalized spacial score (nSPS) is 15.9. The minimum absolute atomic E-state index is 0.914. The molecule has 0 saturated heterocycles. The topological polar surface area (TPSA) is 29.3 Å². The highest BCUT2D eigenvalue weighted by atomic mass is 32.1. The van der Waals surface area contributed by atoms with E-state index in [4.69, 9.17) is 0 Å². The van der Waals surface area contributed by atoms with Gasteiger partial charge in [0.25, 0.3) is 0 Å². The van der Waals surface area contributed by atoms with Gasteiger partial charge in [0.05, 0.1) is 11.4 Å². The van der Waals surface area contributed by atoms with Crippen LogP contribution in [0.25, 0.3) is 4.96 Å². The first-order chi connectivity index (χ1) is 9.34. The van der Waals surface area contributed by atoms with Crippen LogP contribution in [0, 0.1) is 6.92 Å². The molecule has 0 spiro atoms. The van der Waals surface area contributed by atoms with Crippen molar-refractivity contribution in [3.05, 3.63) is 34.6 Å². The van der Waals surface area contributed by atoms with Crippen LogP contribution in [0.2, 0.25) is 0 Å². The molecule has 1 N–H and O–H groups in total. The van der Waals surface area contributed by atoms with Crippen LogP contribution in [-0.4, -0.2) is 15.9 Å². The van der Waals surface area contributed by atoms with E-state index in [1.54, 1.807) is 16.9 Å². The summed E-state index contributed by atoms with van der Waals surface area (Å²) in [4.78, 5) is 5.67. The number of hydrogen-bond donors (Lipinski definition) is 1. The van der Waals surface area contributed by atoms with Crippen LogP contribution in [0.1, 0.15) is 43.5 Å². The highest BCUT2D eigenvalue weighted by molar-refractivity contribution is 7.15. The molecule has 1 aliphatic carbocycles. The molecule has 0 bridgehead atoms. The minimum atomic E-state index is 0.914. The van der Waals surface area contributed by atoms with Gasteiger partial charge in [0.1, 0.15) is 0 Å². The monoisotopic (exact) mass is 275 g/mol. The molecule has 19 heavy (non-hydrogen) atoms. The number of rotatable bonds is 5. The standard InChI is InChI=1S/C15H21N3S/c1-12-14(18-9-10-19-15(18)17-12)11-16-8-7-13-5-3-2-4-6-13/h5,9-10,16H,2-4,6-8,11H2,1H3. The van der Waals surface area contributed by atoms with E-state index in [9.17, 15) is 0 Å². The molecule has 4 heteroatoms. The number of aromatic nitrogens is 2. The van der Waals surface area contributed by atoms with Crippen molar-refractivity contribution in [2.75, 3.05) is 6.54 Å². The maximum Gasteiger partial charge on any atom is 0.194 e. The predicted octanol–water partition coefficient (Wildman–Crippen LogP) is 3.68. The molecule has 0 unspecified atom stereocenters. The van der Waals surface area contributed by atoms with E-state index < -0.39 is 0 Å². The Hall–Kier alpha value is -1.13. The lowest BCUT2D eigenvalue weighted by Crippen LogP contribution is -2.17. The second kappa shape index (κ2) is 5.88. The molecule has 102 valence electrons. The molecule has 0 fully saturated rings. The number of fused-ring (bicyclic) bond motifs is 1. The molecule has 0 atom stereocenters. The van der Waals surface area contributed by atoms with Crippen molar-refractivity contribution < 1.29 is 0 Å². The quantitative estimate of drug-likeness (QED) is 0.666. The smallest absolute Gasteiger partial charge is 0.194 e. The van der Waals surface area contributed by atoms with E-state index in [-0.39, 0.29) is 0 Å². The molecule has 3 rings (SSSR count). The van der Waals surface area contributed by atoms with Gasteiger partial charge in [-0.2, -0.15) is 0 Å². The van der Waals surface area contributed by atoms with Crippen molar-refractivity contribution in [3.8, 4) is 0 Å². The van der Waals surface area contributed by atoms with Crippen molar-refractivity contribution >= 4 is 16.3 Å². The number of nitrogens with one attached hydrogen (secondary N) is 1. The molecule has 0 saturated carbocycles. The third kappa shape index (κ3) is 2.90. The van der Waals surface area contributed by atoms with Crippen LogP contribution in [-0.2, 0) is 6.54 Å². The fourth-order valence-corrected chi connectivity index (χ4v) is 3.52. The van der Waals surface area contributed by atoms with Crippen LogP contribution in [0.4, 0.5) is 0 Å². The molecular formula is C15H21N3S. The second-order valence-electron chi connectivity index (χ2n) is 5.23. The lowest BCUT2D eigenvalue weighted by Gasteiger charge is -2.12. The van der Waals surface area contributed by atoms with Crippen LogP contribution in [0.3, 0.4) is 0 Å². The first-order valence-electron chi connectivity index (χ1n) is 7.14. The van der Waals surface area contributed by atoms with Crippen LogP contribution in [0.5, 0.6) is 0 Å². The summed E-state index contributed by atoms with van der Waals surface area (Å²) in [5.41, 5.74) is 4.09. The summed E-state index contributed by atoms with van der Waals surface area (Å²) < 4.78 is 2.20. The van der Waals surface area contributed by atoms with Gasteiger partial charge in [-0.15, -0.1) is 11.3 Å². The molecule has 3 nitrogen and oxygen atoms in total. The highest BCUT2D eigenvalue weighted by Gasteiger charge is 2.09. The molecule has 2 aromatic rings. The summed E-state index contributed by atoms with van der Waals surface area (Å²) in [5, 5.41) is 5.66. The average molecular weight is 275 g/mol. The van der Waals surface area contributed by atoms with Gasteiger partial charge in [0.2, 0.25) is 0 Å². The number of allylic oxidation sites excluding steroid dienone is 1. The minimum Gasteiger partial charge on any atom is -0.311 e. The summed E-state index contributed by atoms with van der Waals surface area (Å²) >= 11 is 1.70. The zero-order valence-corrected chi connectivity index (χ0v) is 12.3. The van der Waals surface area contributed by atoms with Crippen LogP contribution in [0.15, 0.2) is 23.2 Å². The average Bonchev–Trinajstić information content (AvgIpc) is 2.98.